The summed E-state index contributed by atoms with van der Waals surface area (Å²) in [6.45, 7) is 1.54. The number of amides is 1. The zero-order valence-corrected chi connectivity index (χ0v) is 13.2. The van der Waals surface area contributed by atoms with Crippen LogP contribution in [0.2, 0.25) is 0 Å². The topological polar surface area (TPSA) is 79.4 Å². The first-order valence-corrected chi connectivity index (χ1v) is 8.45. The highest BCUT2D eigenvalue weighted by Crippen LogP contribution is 2.19. The Morgan fingerprint density at radius 2 is 2.10 bits per heavy atom. The summed E-state index contributed by atoms with van der Waals surface area (Å²) < 4.78 is 25.6. The van der Waals surface area contributed by atoms with Crippen LogP contribution in [0.5, 0.6) is 0 Å². The summed E-state index contributed by atoms with van der Waals surface area (Å²) in [4.78, 5) is 16.0. The van der Waals surface area contributed by atoms with Crippen molar-refractivity contribution in [2.24, 2.45) is 0 Å². The first-order valence-electron chi connectivity index (χ1n) is 6.13. The van der Waals surface area contributed by atoms with Crippen LogP contribution in [0.4, 0.5) is 5.82 Å². The summed E-state index contributed by atoms with van der Waals surface area (Å²) in [6, 6.07) is 8.39. The van der Waals surface area contributed by atoms with E-state index in [0.717, 1.165) is 21.3 Å². The minimum Gasteiger partial charge on any atom is -0.310 e. The fraction of sp³-hybridized carbons (Fsp3) is 0.231. The maximum absolute atomic E-state index is 12.2. The highest BCUT2D eigenvalue weighted by molar-refractivity contribution is 7.91. The smallest absolute Gasteiger partial charge is 0.252 e. The van der Waals surface area contributed by atoms with Crippen molar-refractivity contribution in [3.8, 4) is 0 Å². The number of hydrogen-bond acceptors (Lipinski definition) is 5. The second-order valence-corrected chi connectivity index (χ2v) is 7.62. The number of aryl methyl sites for hydroxylation is 1. The molecule has 0 spiro atoms. The molecule has 1 amide bonds. The zero-order chi connectivity index (χ0) is 15.5. The van der Waals surface area contributed by atoms with Crippen molar-refractivity contribution in [3.05, 3.63) is 41.4 Å². The Morgan fingerprint density at radius 1 is 1.33 bits per heavy atom. The molecule has 0 saturated carbocycles. The van der Waals surface area contributed by atoms with E-state index in [1.54, 1.807) is 23.6 Å². The molecule has 8 heteroatoms. The number of sulfonamides is 1. The van der Waals surface area contributed by atoms with Gasteiger partial charge in [0.1, 0.15) is 10.0 Å². The predicted molar refractivity (Wildman–Crippen MR) is 81.7 cm³/mol. The molecule has 0 saturated heterocycles. The zero-order valence-electron chi connectivity index (χ0n) is 11.6. The first kappa shape index (κ1) is 15.6. The molecule has 2 heterocycles. The molecule has 112 valence electrons. The molecule has 0 aliphatic heterocycles. The number of hydrogen-bond donors (Lipinski definition) is 1. The maximum atomic E-state index is 12.2. The lowest BCUT2D eigenvalue weighted by molar-refractivity contribution is -0.116. The van der Waals surface area contributed by atoms with E-state index >= 15 is 0 Å². The number of thiophene rings is 1. The summed E-state index contributed by atoms with van der Waals surface area (Å²) in [5.74, 6) is -0.0300. The normalized spacial score (nSPS) is 11.6. The van der Waals surface area contributed by atoms with E-state index < -0.39 is 15.9 Å². The number of likely N-dealkylation sites (N-methyl/N-ethyl adjacent to an activating group) is 1. The number of nitrogens with one attached hydrogen (secondary N) is 1. The Hall–Kier alpha value is -1.77. The molecular formula is C13H15N3O3S2. The lowest BCUT2D eigenvalue weighted by Crippen LogP contribution is -2.34. The Morgan fingerprint density at radius 3 is 2.71 bits per heavy atom. The highest BCUT2D eigenvalue weighted by atomic mass is 32.2. The van der Waals surface area contributed by atoms with Crippen molar-refractivity contribution < 1.29 is 13.2 Å². The number of aromatic nitrogens is 1. The van der Waals surface area contributed by atoms with E-state index in [0.29, 0.717) is 5.82 Å². The number of pyridine rings is 1. The molecule has 2 aromatic heterocycles. The van der Waals surface area contributed by atoms with Gasteiger partial charge in [-0.05, 0) is 30.5 Å². The molecule has 2 aromatic rings. The lowest BCUT2D eigenvalue weighted by Gasteiger charge is -2.15. The summed E-state index contributed by atoms with van der Waals surface area (Å²) in [6.07, 6.45) is 0. The molecular weight excluding hydrogens is 310 g/mol. The first-order chi connectivity index (χ1) is 9.89. The Balaban J connectivity index is 2.03. The van der Waals surface area contributed by atoms with Gasteiger partial charge in [0.2, 0.25) is 5.91 Å². The number of nitrogens with zero attached hydrogens (tertiary/aromatic N) is 2. The highest BCUT2D eigenvalue weighted by Gasteiger charge is 2.23. The SMILES string of the molecule is Cc1cccc(NC(=O)CN(C)S(=O)(=O)c2cccs2)n1. The van der Waals surface area contributed by atoms with Crippen LogP contribution in [0.25, 0.3) is 0 Å². The standard InChI is InChI=1S/C13H15N3O3S2/c1-10-5-3-6-11(14-10)15-12(17)9-16(2)21(18,19)13-7-4-8-20-13/h3-8H,9H2,1-2H3,(H,14,15,17). The molecule has 0 aromatic carbocycles. The molecule has 0 radical (unpaired) electrons. The van der Waals surface area contributed by atoms with Crippen LogP contribution in [-0.2, 0) is 14.8 Å². The van der Waals surface area contributed by atoms with Gasteiger partial charge in [-0.1, -0.05) is 12.1 Å². The van der Waals surface area contributed by atoms with Gasteiger partial charge in [0.15, 0.2) is 0 Å². The van der Waals surface area contributed by atoms with Crippen molar-refractivity contribution in [1.82, 2.24) is 9.29 Å². The number of carbonyl (C=O) groups excluding carboxylic acids is 1. The summed E-state index contributed by atoms with van der Waals surface area (Å²) in [7, 11) is -2.25. The van der Waals surface area contributed by atoms with E-state index in [1.165, 1.54) is 13.1 Å². The third-order valence-electron chi connectivity index (χ3n) is 2.68. The van der Waals surface area contributed by atoms with Crippen molar-refractivity contribution >= 4 is 33.1 Å². The van der Waals surface area contributed by atoms with Gasteiger partial charge in [-0.25, -0.2) is 13.4 Å². The number of rotatable bonds is 5. The van der Waals surface area contributed by atoms with Gasteiger partial charge in [-0.3, -0.25) is 4.79 Å². The van der Waals surface area contributed by atoms with Crippen molar-refractivity contribution in [3.63, 3.8) is 0 Å². The monoisotopic (exact) mass is 325 g/mol. The molecule has 6 nitrogen and oxygen atoms in total. The molecule has 0 atom stereocenters. The lowest BCUT2D eigenvalue weighted by atomic mass is 10.4. The average Bonchev–Trinajstić information content (AvgIpc) is 2.92. The van der Waals surface area contributed by atoms with Gasteiger partial charge in [-0.15, -0.1) is 11.3 Å². The Kier molecular flexibility index (Phi) is 4.71. The van der Waals surface area contributed by atoms with Crippen LogP contribution in [0.1, 0.15) is 5.69 Å². The molecule has 1 N–H and O–H groups in total. The van der Waals surface area contributed by atoms with E-state index in [4.69, 9.17) is 0 Å². The summed E-state index contributed by atoms with van der Waals surface area (Å²) in [5.41, 5.74) is 0.771. The van der Waals surface area contributed by atoms with Gasteiger partial charge in [-0.2, -0.15) is 4.31 Å². The van der Waals surface area contributed by atoms with Crippen molar-refractivity contribution in [1.29, 1.82) is 0 Å². The molecule has 0 unspecified atom stereocenters. The minimum atomic E-state index is -3.62. The number of carbonyl (C=O) groups is 1. The third kappa shape index (κ3) is 3.87. The fourth-order valence-corrected chi connectivity index (χ4v) is 3.97. The second-order valence-electron chi connectivity index (χ2n) is 4.41. The van der Waals surface area contributed by atoms with Crippen LogP contribution in [0, 0.1) is 6.92 Å². The molecule has 0 bridgehead atoms. The van der Waals surface area contributed by atoms with Crippen LogP contribution in [0.3, 0.4) is 0 Å². The van der Waals surface area contributed by atoms with E-state index in [1.807, 2.05) is 13.0 Å². The maximum Gasteiger partial charge on any atom is 0.252 e. The molecule has 2 rings (SSSR count). The Labute approximate surface area is 127 Å². The molecule has 0 aliphatic carbocycles. The second kappa shape index (κ2) is 6.33. The average molecular weight is 325 g/mol. The van der Waals surface area contributed by atoms with Crippen molar-refractivity contribution in [2.75, 3.05) is 18.9 Å². The van der Waals surface area contributed by atoms with E-state index in [9.17, 15) is 13.2 Å². The van der Waals surface area contributed by atoms with E-state index in [-0.39, 0.29) is 10.8 Å². The molecule has 0 aliphatic rings. The van der Waals surface area contributed by atoms with Gasteiger partial charge in [0.05, 0.1) is 6.54 Å². The third-order valence-corrected chi connectivity index (χ3v) is 5.86. The fourth-order valence-electron chi connectivity index (χ4n) is 1.65. The molecule has 0 fully saturated rings. The largest absolute Gasteiger partial charge is 0.310 e. The quantitative estimate of drug-likeness (QED) is 0.907. The summed E-state index contributed by atoms with van der Waals surface area (Å²) >= 11 is 1.12. The number of anilines is 1. The Bertz CT molecular complexity index is 727. The van der Waals surface area contributed by atoms with E-state index in [2.05, 4.69) is 10.3 Å². The van der Waals surface area contributed by atoms with Crippen LogP contribution in [-0.4, -0.2) is 37.2 Å². The van der Waals surface area contributed by atoms with Gasteiger partial charge in [0.25, 0.3) is 10.0 Å². The van der Waals surface area contributed by atoms with Crippen molar-refractivity contribution in [2.45, 2.75) is 11.1 Å². The summed E-state index contributed by atoms with van der Waals surface area (Å²) in [5, 5.41) is 4.26. The minimum absolute atomic E-state index is 0.214. The predicted octanol–water partition coefficient (Wildman–Crippen LogP) is 1.71. The van der Waals surface area contributed by atoms with Gasteiger partial charge < -0.3 is 5.32 Å². The van der Waals surface area contributed by atoms with Crippen LogP contribution in [0.15, 0.2) is 39.9 Å². The van der Waals surface area contributed by atoms with Crippen LogP contribution >= 0.6 is 11.3 Å². The van der Waals surface area contributed by atoms with Crippen LogP contribution < -0.4 is 5.32 Å². The van der Waals surface area contributed by atoms with Gasteiger partial charge >= 0.3 is 0 Å². The molecule has 21 heavy (non-hydrogen) atoms. The van der Waals surface area contributed by atoms with Gasteiger partial charge in [0, 0.05) is 12.7 Å².